The molecule has 0 saturated carbocycles. The van der Waals surface area contributed by atoms with Crippen molar-refractivity contribution in [1.29, 1.82) is 0 Å². The van der Waals surface area contributed by atoms with Crippen LogP contribution in [0.2, 0.25) is 5.15 Å². The van der Waals surface area contributed by atoms with Crippen LogP contribution >= 0.6 is 23.4 Å². The number of nitrogen functional groups attached to an aromatic ring is 2. The molecule has 0 aliphatic heterocycles. The van der Waals surface area contributed by atoms with Gasteiger partial charge < -0.3 is 11.5 Å². The van der Waals surface area contributed by atoms with E-state index in [9.17, 15) is 13.2 Å². The fraction of sp³-hybridized carbons (Fsp3) is 0.300. The molecule has 2 heterocycles. The average Bonchev–Trinajstić information content (AvgIpc) is 2.62. The van der Waals surface area contributed by atoms with E-state index in [0.29, 0.717) is 0 Å². The summed E-state index contributed by atoms with van der Waals surface area (Å²) in [6.07, 6.45) is -4.59. The maximum Gasteiger partial charge on any atom is 0.435 e. The normalized spacial score (nSPS) is 11.9. The zero-order chi connectivity index (χ0) is 15.8. The molecular weight excluding hydrogens is 329 g/mol. The van der Waals surface area contributed by atoms with Crippen molar-refractivity contribution in [2.75, 3.05) is 11.5 Å². The van der Waals surface area contributed by atoms with Gasteiger partial charge in [-0.2, -0.15) is 18.3 Å². The van der Waals surface area contributed by atoms with E-state index in [1.54, 1.807) is 0 Å². The number of halogens is 4. The van der Waals surface area contributed by atoms with Gasteiger partial charge in [0.15, 0.2) is 10.9 Å². The molecule has 0 amide bonds. The molecule has 6 nitrogen and oxygen atoms in total. The van der Waals surface area contributed by atoms with Gasteiger partial charge >= 0.3 is 6.18 Å². The smallest absolute Gasteiger partial charge is 0.383 e. The van der Waals surface area contributed by atoms with Crippen LogP contribution in [-0.2, 0) is 19.0 Å². The molecule has 0 aliphatic carbocycles. The molecule has 2 rings (SSSR count). The number of aromatic nitrogens is 4. The number of rotatable bonds is 3. The van der Waals surface area contributed by atoms with Gasteiger partial charge in [0.25, 0.3) is 0 Å². The average molecular weight is 339 g/mol. The molecule has 0 bridgehead atoms. The van der Waals surface area contributed by atoms with E-state index in [0.717, 1.165) is 16.4 Å². The van der Waals surface area contributed by atoms with Crippen LogP contribution in [0.1, 0.15) is 11.3 Å². The van der Waals surface area contributed by atoms with E-state index in [1.807, 2.05) is 0 Å². The fourth-order valence-electron chi connectivity index (χ4n) is 1.57. The predicted molar refractivity (Wildman–Crippen MR) is 73.6 cm³/mol. The number of thioether (sulfide) groups is 1. The molecule has 0 aromatic carbocycles. The topological polar surface area (TPSA) is 95.6 Å². The molecule has 2 aromatic heterocycles. The van der Waals surface area contributed by atoms with E-state index in [1.165, 1.54) is 13.1 Å². The lowest BCUT2D eigenvalue weighted by Gasteiger charge is -2.06. The minimum atomic E-state index is -4.59. The third-order valence-corrected chi connectivity index (χ3v) is 3.77. The Morgan fingerprint density at radius 3 is 2.38 bits per heavy atom. The summed E-state index contributed by atoms with van der Waals surface area (Å²) < 4.78 is 39.6. The predicted octanol–water partition coefficient (Wildman–Crippen LogP) is 2.34. The van der Waals surface area contributed by atoms with Crippen LogP contribution in [-0.4, -0.2) is 19.7 Å². The molecule has 0 fully saturated rings. The van der Waals surface area contributed by atoms with Gasteiger partial charge in [-0.3, -0.25) is 4.68 Å². The first-order valence-corrected chi connectivity index (χ1v) is 6.86. The van der Waals surface area contributed by atoms with E-state index in [-0.39, 0.29) is 33.3 Å². The Kier molecular flexibility index (Phi) is 4.19. The molecule has 0 atom stereocenters. The van der Waals surface area contributed by atoms with E-state index >= 15 is 0 Å². The molecule has 21 heavy (non-hydrogen) atoms. The zero-order valence-corrected chi connectivity index (χ0v) is 12.2. The Morgan fingerprint density at radius 2 is 1.86 bits per heavy atom. The Morgan fingerprint density at radius 1 is 1.29 bits per heavy atom. The molecule has 0 saturated heterocycles. The number of nitrogens with two attached hydrogens (primary N) is 2. The summed E-state index contributed by atoms with van der Waals surface area (Å²) >= 11 is 6.79. The summed E-state index contributed by atoms with van der Waals surface area (Å²) in [4.78, 5) is 7.75. The second kappa shape index (κ2) is 5.60. The van der Waals surface area contributed by atoms with E-state index < -0.39 is 11.9 Å². The van der Waals surface area contributed by atoms with Gasteiger partial charge in [0.2, 0.25) is 0 Å². The standard InChI is InChI=1S/C10H10ClF3N6S/c1-20-8(11)4(7(19-20)10(12,13)14)3-21-9-17-5(15)2-6(16)18-9/h2H,3H2,1H3,(H4,15,16,17,18). The first kappa shape index (κ1) is 15.7. The van der Waals surface area contributed by atoms with Gasteiger partial charge in [0, 0.05) is 24.4 Å². The number of nitrogens with zero attached hydrogens (tertiary/aromatic N) is 4. The van der Waals surface area contributed by atoms with E-state index in [2.05, 4.69) is 15.1 Å². The molecule has 0 spiro atoms. The first-order chi connectivity index (χ1) is 9.68. The lowest BCUT2D eigenvalue weighted by molar-refractivity contribution is -0.141. The summed E-state index contributed by atoms with van der Waals surface area (Å²) in [5, 5.41) is 3.46. The van der Waals surface area contributed by atoms with Gasteiger partial charge in [-0.25, -0.2) is 9.97 Å². The van der Waals surface area contributed by atoms with Crippen molar-refractivity contribution in [3.8, 4) is 0 Å². The molecule has 0 unspecified atom stereocenters. The van der Waals surface area contributed by atoms with Crippen molar-refractivity contribution in [2.45, 2.75) is 17.1 Å². The molecule has 11 heteroatoms. The van der Waals surface area contributed by atoms with Crippen LogP contribution in [0.15, 0.2) is 11.2 Å². The Labute approximate surface area is 126 Å². The maximum atomic E-state index is 12.9. The molecule has 0 aliphatic rings. The second-order valence-electron chi connectivity index (χ2n) is 4.03. The van der Waals surface area contributed by atoms with Crippen molar-refractivity contribution in [2.24, 2.45) is 7.05 Å². The first-order valence-electron chi connectivity index (χ1n) is 5.50. The van der Waals surface area contributed by atoms with E-state index in [4.69, 9.17) is 23.1 Å². The van der Waals surface area contributed by atoms with Crippen LogP contribution in [0.4, 0.5) is 24.8 Å². The van der Waals surface area contributed by atoms with Crippen molar-refractivity contribution >= 4 is 35.0 Å². The minimum Gasteiger partial charge on any atom is -0.383 e. The van der Waals surface area contributed by atoms with Crippen molar-refractivity contribution in [1.82, 2.24) is 19.7 Å². The van der Waals surface area contributed by atoms with Crippen molar-refractivity contribution in [3.63, 3.8) is 0 Å². The molecule has 4 N–H and O–H groups in total. The number of anilines is 2. The second-order valence-corrected chi connectivity index (χ2v) is 5.33. The zero-order valence-electron chi connectivity index (χ0n) is 10.6. The quantitative estimate of drug-likeness (QED) is 0.658. The maximum absolute atomic E-state index is 12.9. The van der Waals surface area contributed by atoms with Crippen LogP contribution in [0.5, 0.6) is 0 Å². The van der Waals surface area contributed by atoms with Gasteiger partial charge in [-0.05, 0) is 0 Å². The highest BCUT2D eigenvalue weighted by molar-refractivity contribution is 7.98. The van der Waals surface area contributed by atoms with Crippen LogP contribution in [0.25, 0.3) is 0 Å². The summed E-state index contributed by atoms with van der Waals surface area (Å²) in [5.41, 5.74) is 9.82. The highest BCUT2D eigenvalue weighted by Gasteiger charge is 2.38. The highest BCUT2D eigenvalue weighted by atomic mass is 35.5. The van der Waals surface area contributed by atoms with Crippen LogP contribution in [0, 0.1) is 0 Å². The molecule has 2 aromatic rings. The molecule has 0 radical (unpaired) electrons. The number of hydrogen-bond acceptors (Lipinski definition) is 6. The van der Waals surface area contributed by atoms with Gasteiger partial charge in [-0.1, -0.05) is 23.4 Å². The number of hydrogen-bond donors (Lipinski definition) is 2. The van der Waals surface area contributed by atoms with Crippen molar-refractivity contribution < 1.29 is 13.2 Å². The summed E-state index contributed by atoms with van der Waals surface area (Å²) in [5.74, 6) is 0.168. The van der Waals surface area contributed by atoms with Gasteiger partial charge in [0.1, 0.15) is 16.8 Å². The Hall–Kier alpha value is -1.68. The lowest BCUT2D eigenvalue weighted by Crippen LogP contribution is -2.09. The third kappa shape index (κ3) is 3.50. The number of aryl methyl sites for hydroxylation is 1. The largest absolute Gasteiger partial charge is 0.435 e. The van der Waals surface area contributed by atoms with Crippen LogP contribution in [0.3, 0.4) is 0 Å². The van der Waals surface area contributed by atoms with Gasteiger partial charge in [0.05, 0.1) is 0 Å². The fourth-order valence-corrected chi connectivity index (χ4v) is 2.73. The highest BCUT2D eigenvalue weighted by Crippen LogP contribution is 2.36. The molecular formula is C10H10ClF3N6S. The summed E-state index contributed by atoms with van der Waals surface area (Å²) in [6.45, 7) is 0. The monoisotopic (exact) mass is 338 g/mol. The number of alkyl halides is 3. The van der Waals surface area contributed by atoms with Crippen molar-refractivity contribution in [3.05, 3.63) is 22.5 Å². The Balaban J connectivity index is 2.28. The SMILES string of the molecule is Cn1nc(C(F)(F)F)c(CSc2nc(N)cc(N)n2)c1Cl. The van der Waals surface area contributed by atoms with Crippen LogP contribution < -0.4 is 11.5 Å². The summed E-state index contributed by atoms with van der Waals surface area (Å²) in [7, 11) is 1.33. The lowest BCUT2D eigenvalue weighted by atomic mass is 10.3. The Bertz CT molecular complexity index is 651. The van der Waals surface area contributed by atoms with Gasteiger partial charge in [-0.15, -0.1) is 0 Å². The summed E-state index contributed by atoms with van der Waals surface area (Å²) in [6, 6.07) is 1.35. The minimum absolute atomic E-state index is 0.0910. The molecule has 114 valence electrons. The third-order valence-electron chi connectivity index (χ3n) is 2.43.